The highest BCUT2D eigenvalue weighted by molar-refractivity contribution is 6.03. The van der Waals surface area contributed by atoms with Crippen molar-refractivity contribution in [1.82, 2.24) is 5.32 Å². The molecule has 13 heteroatoms. The maximum absolute atomic E-state index is 13.5. The van der Waals surface area contributed by atoms with Crippen LogP contribution in [0.2, 0.25) is 0 Å². The summed E-state index contributed by atoms with van der Waals surface area (Å²) in [7, 11) is 0. The van der Waals surface area contributed by atoms with Crippen molar-refractivity contribution in [2.45, 2.75) is 51.0 Å². The smallest absolute Gasteiger partial charge is 0.416 e. The van der Waals surface area contributed by atoms with Crippen molar-refractivity contribution in [3.8, 4) is 0 Å². The third-order valence-electron chi connectivity index (χ3n) is 7.14. The highest BCUT2D eigenvalue weighted by Crippen LogP contribution is 2.38. The number of aliphatic carboxylic acids is 1. The molecule has 4 rings (SSSR count). The van der Waals surface area contributed by atoms with Gasteiger partial charge in [0.1, 0.15) is 0 Å². The summed E-state index contributed by atoms with van der Waals surface area (Å²) < 4.78 is 80.7. The van der Waals surface area contributed by atoms with Gasteiger partial charge in [0.15, 0.2) is 5.96 Å². The standard InChI is InChI=1S/C32H30F6N4O3/c33-31(34,35)24-16-25(32(36,37)38)18-26(17-24)41-30(39)42(27-12-10-22(11-13-27)21-4-2-1-3-5-21)19-20-6-8-23(9-7-20)29(45)40-15-14-28(43)44/h4,6-13,16-18H,1-3,5,14-15,19H2,(H2,39,41)(H,40,45)(H,43,44). The van der Waals surface area contributed by atoms with Crippen LogP contribution >= 0.6 is 0 Å². The van der Waals surface area contributed by atoms with Gasteiger partial charge in [-0.15, -0.1) is 0 Å². The van der Waals surface area contributed by atoms with E-state index in [0.29, 0.717) is 23.4 Å². The average Bonchev–Trinajstić information content (AvgIpc) is 2.99. The van der Waals surface area contributed by atoms with Gasteiger partial charge in [0, 0.05) is 23.5 Å². The van der Waals surface area contributed by atoms with Crippen molar-refractivity contribution < 1.29 is 41.0 Å². The van der Waals surface area contributed by atoms with Gasteiger partial charge in [-0.1, -0.05) is 30.3 Å². The molecule has 0 unspecified atom stereocenters. The van der Waals surface area contributed by atoms with Gasteiger partial charge in [0.05, 0.1) is 24.1 Å². The normalized spacial score (nSPS) is 13.5. The number of benzene rings is 3. The van der Waals surface area contributed by atoms with Crippen LogP contribution in [0.3, 0.4) is 0 Å². The molecule has 0 bridgehead atoms. The molecule has 0 heterocycles. The van der Waals surface area contributed by atoms with Crippen molar-refractivity contribution in [2.24, 2.45) is 0 Å². The number of amides is 1. The van der Waals surface area contributed by atoms with Gasteiger partial charge < -0.3 is 20.6 Å². The number of hydrogen-bond acceptors (Lipinski definition) is 3. The molecule has 0 spiro atoms. The number of alkyl halides is 6. The molecule has 0 fully saturated rings. The molecule has 1 aliphatic rings. The molecule has 0 atom stereocenters. The van der Waals surface area contributed by atoms with Crippen LogP contribution in [0.4, 0.5) is 37.7 Å². The summed E-state index contributed by atoms with van der Waals surface area (Å²) in [5.74, 6) is -2.04. The Balaban J connectivity index is 1.62. The quantitative estimate of drug-likeness (QED) is 0.109. The molecule has 0 aromatic heterocycles. The Kier molecular flexibility index (Phi) is 10.2. The van der Waals surface area contributed by atoms with E-state index in [9.17, 15) is 35.9 Å². The van der Waals surface area contributed by atoms with E-state index in [2.05, 4.69) is 16.7 Å². The lowest BCUT2D eigenvalue weighted by molar-refractivity contribution is -0.143. The molecular formula is C32H30F6N4O3. The first-order valence-corrected chi connectivity index (χ1v) is 14.0. The van der Waals surface area contributed by atoms with E-state index in [-0.39, 0.29) is 31.1 Å². The Morgan fingerprint density at radius 2 is 1.49 bits per heavy atom. The molecule has 238 valence electrons. The zero-order valence-electron chi connectivity index (χ0n) is 23.9. The van der Waals surface area contributed by atoms with E-state index in [0.717, 1.165) is 31.2 Å². The van der Waals surface area contributed by atoms with Crippen LogP contribution < -0.4 is 15.5 Å². The lowest BCUT2D eigenvalue weighted by Gasteiger charge is -2.27. The van der Waals surface area contributed by atoms with Gasteiger partial charge >= 0.3 is 18.3 Å². The van der Waals surface area contributed by atoms with Crippen LogP contribution in [0.15, 0.2) is 72.8 Å². The molecule has 0 saturated heterocycles. The molecule has 4 N–H and O–H groups in total. The minimum atomic E-state index is -5.05. The second-order valence-electron chi connectivity index (χ2n) is 10.5. The van der Waals surface area contributed by atoms with Crippen LogP contribution in [-0.4, -0.2) is 29.5 Å². The molecule has 0 saturated carbocycles. The Labute approximate surface area is 255 Å². The van der Waals surface area contributed by atoms with Gasteiger partial charge in [-0.2, -0.15) is 26.3 Å². The molecule has 1 aliphatic carbocycles. The first-order valence-electron chi connectivity index (χ1n) is 14.0. The summed E-state index contributed by atoms with van der Waals surface area (Å²) in [5.41, 5.74) is -0.170. The SMILES string of the molecule is N=C(Nc1cc(C(F)(F)F)cc(C(F)(F)F)c1)N(Cc1ccc(C(=O)NCCC(=O)O)cc1)c1ccc(C2=CCCCC2)cc1. The molecule has 7 nitrogen and oxygen atoms in total. The maximum Gasteiger partial charge on any atom is 0.416 e. The van der Waals surface area contributed by atoms with Crippen molar-refractivity contribution in [3.63, 3.8) is 0 Å². The minimum absolute atomic E-state index is 0.0185. The van der Waals surface area contributed by atoms with Crippen LogP contribution in [-0.2, 0) is 23.7 Å². The molecule has 3 aromatic rings. The van der Waals surface area contributed by atoms with Crippen LogP contribution in [0.5, 0.6) is 0 Å². The number of anilines is 2. The first kappa shape index (κ1) is 33.1. The third kappa shape index (κ3) is 9.10. The number of carbonyl (C=O) groups is 2. The molecular weight excluding hydrogens is 602 g/mol. The Morgan fingerprint density at radius 1 is 0.867 bits per heavy atom. The van der Waals surface area contributed by atoms with Gasteiger partial charge in [-0.3, -0.25) is 15.0 Å². The zero-order valence-corrected chi connectivity index (χ0v) is 23.9. The van der Waals surface area contributed by atoms with E-state index >= 15 is 0 Å². The third-order valence-corrected chi connectivity index (χ3v) is 7.14. The lowest BCUT2D eigenvalue weighted by Crippen LogP contribution is -2.35. The number of carboxylic acid groups (broad SMARTS) is 1. The molecule has 0 aliphatic heterocycles. The van der Waals surface area contributed by atoms with Gasteiger partial charge in [-0.05, 0) is 84.8 Å². The number of allylic oxidation sites excluding steroid dienone is 2. The van der Waals surface area contributed by atoms with Gasteiger partial charge in [0.2, 0.25) is 0 Å². The predicted octanol–water partition coefficient (Wildman–Crippen LogP) is 7.94. The number of guanidine groups is 1. The number of carbonyl (C=O) groups excluding carboxylic acids is 1. The van der Waals surface area contributed by atoms with E-state index < -0.39 is 47.0 Å². The highest BCUT2D eigenvalue weighted by atomic mass is 19.4. The summed E-state index contributed by atoms with van der Waals surface area (Å²) in [6.45, 7) is -0.0924. The fraction of sp³-hybridized carbons (Fsp3) is 0.281. The monoisotopic (exact) mass is 632 g/mol. The lowest BCUT2D eigenvalue weighted by atomic mass is 9.93. The van der Waals surface area contributed by atoms with Gasteiger partial charge in [-0.25, -0.2) is 0 Å². The fourth-order valence-corrected chi connectivity index (χ4v) is 4.82. The minimum Gasteiger partial charge on any atom is -0.481 e. The second-order valence-corrected chi connectivity index (χ2v) is 10.5. The first-order chi connectivity index (χ1) is 21.2. The predicted molar refractivity (Wildman–Crippen MR) is 158 cm³/mol. The number of halogens is 6. The summed E-state index contributed by atoms with van der Waals surface area (Å²) in [4.78, 5) is 24.4. The second kappa shape index (κ2) is 13.9. The summed E-state index contributed by atoms with van der Waals surface area (Å²) in [6.07, 6.45) is -4.16. The van der Waals surface area contributed by atoms with E-state index in [4.69, 9.17) is 10.5 Å². The number of hydrogen-bond donors (Lipinski definition) is 4. The number of rotatable bonds is 9. The van der Waals surface area contributed by atoms with E-state index in [1.807, 2.05) is 12.1 Å². The molecule has 0 radical (unpaired) electrons. The number of nitrogens with one attached hydrogen (secondary N) is 3. The Bertz CT molecular complexity index is 1530. The maximum atomic E-state index is 13.5. The topological polar surface area (TPSA) is 106 Å². The van der Waals surface area contributed by atoms with E-state index in [1.54, 1.807) is 24.3 Å². The average molecular weight is 633 g/mol. The van der Waals surface area contributed by atoms with Crippen LogP contribution in [0.25, 0.3) is 5.57 Å². The zero-order chi connectivity index (χ0) is 32.8. The number of nitrogens with zero attached hydrogens (tertiary/aromatic N) is 1. The Hall–Kier alpha value is -4.81. The van der Waals surface area contributed by atoms with Crippen LogP contribution in [0, 0.1) is 5.41 Å². The summed E-state index contributed by atoms with van der Waals surface area (Å²) >= 11 is 0. The van der Waals surface area contributed by atoms with Crippen molar-refractivity contribution in [3.05, 3.63) is 101 Å². The Morgan fingerprint density at radius 3 is 2.02 bits per heavy atom. The van der Waals surface area contributed by atoms with Gasteiger partial charge in [0.25, 0.3) is 5.91 Å². The summed E-state index contributed by atoms with van der Waals surface area (Å²) in [6, 6.07) is 14.3. The molecule has 45 heavy (non-hydrogen) atoms. The van der Waals surface area contributed by atoms with E-state index in [1.165, 1.54) is 22.6 Å². The highest BCUT2D eigenvalue weighted by Gasteiger charge is 2.37. The number of carboxylic acids is 1. The fourth-order valence-electron chi connectivity index (χ4n) is 4.82. The molecule has 1 amide bonds. The van der Waals surface area contributed by atoms with Crippen molar-refractivity contribution in [1.29, 1.82) is 5.41 Å². The molecule has 3 aromatic carbocycles. The van der Waals surface area contributed by atoms with Crippen molar-refractivity contribution >= 4 is 34.8 Å². The van der Waals surface area contributed by atoms with Crippen molar-refractivity contribution in [2.75, 3.05) is 16.8 Å². The van der Waals surface area contributed by atoms with Crippen LogP contribution in [0.1, 0.15) is 64.7 Å². The summed E-state index contributed by atoms with van der Waals surface area (Å²) in [5, 5.41) is 22.4. The largest absolute Gasteiger partial charge is 0.481 e.